The van der Waals surface area contributed by atoms with Crippen LogP contribution < -0.4 is 20.1 Å². The van der Waals surface area contributed by atoms with Crippen LogP contribution in [0.15, 0.2) is 41.5 Å². The van der Waals surface area contributed by atoms with Crippen LogP contribution in [-0.2, 0) is 19.3 Å². The first-order valence-corrected chi connectivity index (χ1v) is 10.1. The summed E-state index contributed by atoms with van der Waals surface area (Å²) in [5.41, 5.74) is 0.0653. The van der Waals surface area contributed by atoms with Crippen molar-refractivity contribution in [3.8, 4) is 17.4 Å². The maximum atomic E-state index is 14.4. The minimum absolute atomic E-state index is 0.0418. The fourth-order valence-corrected chi connectivity index (χ4v) is 4.01. The lowest BCUT2D eigenvalue weighted by atomic mass is 10.2. The summed E-state index contributed by atoms with van der Waals surface area (Å²) < 4.78 is 64.5. The van der Waals surface area contributed by atoms with Gasteiger partial charge in [-0.2, -0.15) is 18.2 Å². The zero-order valence-corrected chi connectivity index (χ0v) is 17.0. The number of hydrogen-bond acceptors (Lipinski definition) is 7. The summed E-state index contributed by atoms with van der Waals surface area (Å²) in [6, 6.07) is 6.03. The van der Waals surface area contributed by atoms with Crippen molar-refractivity contribution in [2.75, 3.05) is 11.4 Å². The molecule has 4 heterocycles. The Morgan fingerprint density at radius 1 is 1.15 bits per heavy atom. The van der Waals surface area contributed by atoms with Crippen molar-refractivity contribution in [2.24, 2.45) is 0 Å². The zero-order chi connectivity index (χ0) is 23.2. The fourth-order valence-electron chi connectivity index (χ4n) is 4.01. The van der Waals surface area contributed by atoms with Gasteiger partial charge in [0.25, 0.3) is 0 Å². The third-order valence-electron chi connectivity index (χ3n) is 5.52. The van der Waals surface area contributed by atoms with Crippen molar-refractivity contribution >= 4 is 5.82 Å². The summed E-state index contributed by atoms with van der Waals surface area (Å²) in [6.07, 6.45) is -0.946. The normalized spacial score (nSPS) is 17.1. The molecule has 1 fully saturated rings. The second-order valence-electron chi connectivity index (χ2n) is 7.73. The molecule has 1 atom stereocenters. The van der Waals surface area contributed by atoms with Gasteiger partial charge in [0.05, 0.1) is 12.4 Å². The molecule has 1 aromatic carbocycles. The number of hydrogen-bond donors (Lipinski definition) is 0. The van der Waals surface area contributed by atoms with Crippen molar-refractivity contribution in [3.05, 3.63) is 64.3 Å². The van der Waals surface area contributed by atoms with E-state index < -0.39 is 17.8 Å². The predicted molar refractivity (Wildman–Crippen MR) is 107 cm³/mol. The highest BCUT2D eigenvalue weighted by Crippen LogP contribution is 2.33. The molecule has 0 aliphatic carbocycles. The number of rotatable bonds is 5. The zero-order valence-electron chi connectivity index (χ0n) is 17.0. The van der Waals surface area contributed by atoms with Crippen LogP contribution in [0.2, 0.25) is 0 Å². The first-order chi connectivity index (χ1) is 15.8. The number of nitrogens with zero attached hydrogens (tertiary/aromatic N) is 5. The summed E-state index contributed by atoms with van der Waals surface area (Å²) in [5.74, 6) is -1.49. The number of halogens is 4. The number of ether oxygens (including phenoxy) is 2. The largest absolute Gasteiger partial charge is 0.473 e. The van der Waals surface area contributed by atoms with Crippen molar-refractivity contribution in [1.29, 1.82) is 0 Å². The van der Waals surface area contributed by atoms with E-state index in [1.54, 1.807) is 10.6 Å². The molecule has 0 bridgehead atoms. The molecule has 172 valence electrons. The summed E-state index contributed by atoms with van der Waals surface area (Å²) >= 11 is 0. The van der Waals surface area contributed by atoms with Gasteiger partial charge in [-0.1, -0.05) is 6.07 Å². The van der Waals surface area contributed by atoms with E-state index in [0.717, 1.165) is 43.7 Å². The molecule has 2 aliphatic heterocycles. The molecule has 8 nitrogen and oxygen atoms in total. The lowest BCUT2D eigenvalue weighted by Gasteiger charge is -2.17. The number of fused-ring (bicyclic) bond motifs is 3. The Kier molecular flexibility index (Phi) is 5.14. The first kappa shape index (κ1) is 21.2. The van der Waals surface area contributed by atoms with Gasteiger partial charge in [0.2, 0.25) is 11.7 Å². The molecular formula is C21H17F4N5O3. The van der Waals surface area contributed by atoms with Gasteiger partial charge in [-0.15, -0.1) is 0 Å². The van der Waals surface area contributed by atoms with E-state index in [2.05, 4.69) is 19.9 Å². The van der Waals surface area contributed by atoms with E-state index in [-0.39, 0.29) is 29.7 Å². The van der Waals surface area contributed by atoms with Crippen LogP contribution in [0.3, 0.4) is 0 Å². The first-order valence-electron chi connectivity index (χ1n) is 10.1. The fraction of sp³-hybridized carbons (Fsp3) is 0.333. The lowest BCUT2D eigenvalue weighted by Crippen LogP contribution is -2.24. The number of benzene rings is 1. The van der Waals surface area contributed by atoms with Gasteiger partial charge < -0.3 is 14.4 Å². The van der Waals surface area contributed by atoms with Gasteiger partial charge in [-0.05, 0) is 30.5 Å². The third kappa shape index (κ3) is 4.20. The highest BCUT2D eigenvalue weighted by Gasteiger charge is 2.35. The molecule has 12 heteroatoms. The molecule has 0 unspecified atom stereocenters. The van der Waals surface area contributed by atoms with Gasteiger partial charge in [0.1, 0.15) is 12.4 Å². The molecule has 0 amide bonds. The van der Waals surface area contributed by atoms with Crippen molar-refractivity contribution < 1.29 is 27.0 Å². The second kappa shape index (κ2) is 8.01. The van der Waals surface area contributed by atoms with Gasteiger partial charge in [-0.3, -0.25) is 4.57 Å². The summed E-state index contributed by atoms with van der Waals surface area (Å²) in [4.78, 5) is 24.8. The highest BCUT2D eigenvalue weighted by atomic mass is 19.4. The SMILES string of the molecule is O=c1nc(OCc2ccc(Oc3cnc(C(F)(F)F)nc3)c(F)c2)cc2n1C[C@H]1CCCN21. The molecule has 0 saturated carbocycles. The highest BCUT2D eigenvalue weighted by molar-refractivity contribution is 5.48. The lowest BCUT2D eigenvalue weighted by molar-refractivity contribution is -0.145. The molecule has 5 rings (SSSR count). The van der Waals surface area contributed by atoms with Crippen LogP contribution in [-0.4, -0.2) is 32.1 Å². The second-order valence-corrected chi connectivity index (χ2v) is 7.73. The van der Waals surface area contributed by atoms with Crippen LogP contribution in [0.4, 0.5) is 23.4 Å². The van der Waals surface area contributed by atoms with Crippen molar-refractivity contribution in [1.82, 2.24) is 19.5 Å². The van der Waals surface area contributed by atoms with Gasteiger partial charge in [0.15, 0.2) is 17.3 Å². The Balaban J connectivity index is 1.26. The van der Waals surface area contributed by atoms with E-state index in [1.807, 2.05) is 0 Å². The minimum atomic E-state index is -4.68. The Hall–Kier alpha value is -3.70. The number of aromatic nitrogens is 4. The average molecular weight is 463 g/mol. The van der Waals surface area contributed by atoms with Crippen LogP contribution >= 0.6 is 0 Å². The third-order valence-corrected chi connectivity index (χ3v) is 5.52. The quantitative estimate of drug-likeness (QED) is 0.536. The van der Waals surface area contributed by atoms with Crippen molar-refractivity contribution in [2.45, 2.75) is 38.2 Å². The molecule has 0 spiro atoms. The standard InChI is InChI=1S/C21H17F4N5O3/c22-15-6-12(3-4-16(15)33-14-8-26-19(27-9-14)21(23,24)25)11-32-17-7-18-29-5-1-2-13(29)10-30(18)20(31)28-17/h3-4,6-9,13H,1-2,5,10-11H2/t13-/m1/s1. The number of alkyl halides is 3. The molecule has 2 aliphatic rings. The van der Waals surface area contributed by atoms with E-state index in [0.29, 0.717) is 18.2 Å². The summed E-state index contributed by atoms with van der Waals surface area (Å²) in [7, 11) is 0. The van der Waals surface area contributed by atoms with Gasteiger partial charge in [-0.25, -0.2) is 19.2 Å². The Morgan fingerprint density at radius 2 is 1.94 bits per heavy atom. The number of anilines is 1. The van der Waals surface area contributed by atoms with Crippen LogP contribution in [0.1, 0.15) is 24.2 Å². The summed E-state index contributed by atoms with van der Waals surface area (Å²) in [5, 5.41) is 0. The molecule has 33 heavy (non-hydrogen) atoms. The Bertz CT molecular complexity index is 1250. The van der Waals surface area contributed by atoms with Crippen LogP contribution in [0, 0.1) is 5.82 Å². The smallest absolute Gasteiger partial charge is 0.451 e. The van der Waals surface area contributed by atoms with Gasteiger partial charge >= 0.3 is 11.9 Å². The van der Waals surface area contributed by atoms with E-state index >= 15 is 0 Å². The summed E-state index contributed by atoms with van der Waals surface area (Å²) in [6.45, 7) is 1.46. The van der Waals surface area contributed by atoms with Crippen molar-refractivity contribution in [3.63, 3.8) is 0 Å². The Labute approximate surface area is 184 Å². The van der Waals surface area contributed by atoms with E-state index in [4.69, 9.17) is 9.47 Å². The monoisotopic (exact) mass is 463 g/mol. The molecule has 3 aromatic rings. The maximum Gasteiger partial charge on any atom is 0.451 e. The molecule has 0 radical (unpaired) electrons. The van der Waals surface area contributed by atoms with Crippen LogP contribution in [0.5, 0.6) is 17.4 Å². The minimum Gasteiger partial charge on any atom is -0.473 e. The molecular weight excluding hydrogens is 446 g/mol. The van der Waals surface area contributed by atoms with Crippen LogP contribution in [0.25, 0.3) is 0 Å². The Morgan fingerprint density at radius 3 is 2.67 bits per heavy atom. The topological polar surface area (TPSA) is 82.4 Å². The molecule has 1 saturated heterocycles. The molecule has 0 N–H and O–H groups in total. The molecule has 2 aromatic heterocycles. The van der Waals surface area contributed by atoms with E-state index in [1.165, 1.54) is 12.1 Å². The van der Waals surface area contributed by atoms with Gasteiger partial charge in [0, 0.05) is 25.2 Å². The van der Waals surface area contributed by atoms with E-state index in [9.17, 15) is 22.4 Å². The maximum absolute atomic E-state index is 14.4. The average Bonchev–Trinajstić information content (AvgIpc) is 3.36. The predicted octanol–water partition coefficient (Wildman–Crippen LogP) is 3.54.